The Morgan fingerprint density at radius 1 is 1.28 bits per heavy atom. The highest BCUT2D eigenvalue weighted by Gasteiger charge is 2.28. The fraction of sp³-hybridized carbons (Fsp3) is 0.200. The molecule has 2 aromatic heterocycles. The third kappa shape index (κ3) is 3.13. The van der Waals surface area contributed by atoms with E-state index in [9.17, 15) is 4.79 Å². The number of aryl methyl sites for hydroxylation is 1. The maximum Gasteiger partial charge on any atom is 0.247 e. The minimum atomic E-state index is -0.0141. The van der Waals surface area contributed by atoms with Gasteiger partial charge in [0.1, 0.15) is 5.76 Å². The van der Waals surface area contributed by atoms with Gasteiger partial charge >= 0.3 is 0 Å². The van der Waals surface area contributed by atoms with E-state index in [1.807, 2.05) is 36.5 Å². The van der Waals surface area contributed by atoms with Crippen LogP contribution in [0.2, 0.25) is 0 Å². The van der Waals surface area contributed by atoms with Crippen LogP contribution in [0.3, 0.4) is 0 Å². The van der Waals surface area contributed by atoms with E-state index in [-0.39, 0.29) is 11.8 Å². The van der Waals surface area contributed by atoms with Gasteiger partial charge in [0.2, 0.25) is 5.91 Å². The van der Waals surface area contributed by atoms with Crippen LogP contribution < -0.4 is 0 Å². The summed E-state index contributed by atoms with van der Waals surface area (Å²) in [5.74, 6) is 0.800. The van der Waals surface area contributed by atoms with Gasteiger partial charge in [0.25, 0.3) is 0 Å². The van der Waals surface area contributed by atoms with Crippen molar-refractivity contribution in [3.05, 3.63) is 83.6 Å². The lowest BCUT2D eigenvalue weighted by Crippen LogP contribution is -2.37. The van der Waals surface area contributed by atoms with E-state index in [4.69, 9.17) is 4.42 Å². The quantitative estimate of drug-likeness (QED) is 0.692. The molecule has 4 rings (SSSR count). The molecule has 0 saturated carbocycles. The molecule has 1 aliphatic heterocycles. The summed E-state index contributed by atoms with van der Waals surface area (Å²) in [5.41, 5.74) is 3.58. The fourth-order valence-corrected chi connectivity index (χ4v) is 3.32. The number of amides is 1. The lowest BCUT2D eigenvalue weighted by molar-refractivity contribution is -0.127. The number of rotatable bonds is 3. The average Bonchev–Trinajstić information content (AvgIpc) is 3.30. The number of carbonyl (C=O) groups excluding carboxylic acids is 1. The van der Waals surface area contributed by atoms with Gasteiger partial charge in [0.05, 0.1) is 12.5 Å². The number of aromatic nitrogens is 2. The lowest BCUT2D eigenvalue weighted by Gasteiger charge is -2.34. The van der Waals surface area contributed by atoms with E-state index in [2.05, 4.69) is 23.3 Å². The molecule has 0 saturated heterocycles. The summed E-state index contributed by atoms with van der Waals surface area (Å²) in [6.45, 7) is 1.26. The zero-order chi connectivity index (χ0) is 17.2. The van der Waals surface area contributed by atoms with Crippen LogP contribution in [0.1, 0.15) is 28.4 Å². The summed E-state index contributed by atoms with van der Waals surface area (Å²) in [4.78, 5) is 14.5. The molecule has 3 aromatic rings. The van der Waals surface area contributed by atoms with Gasteiger partial charge < -0.3 is 9.32 Å². The van der Waals surface area contributed by atoms with Crippen LogP contribution in [0.5, 0.6) is 0 Å². The second-order valence-corrected chi connectivity index (χ2v) is 6.27. The molecule has 5 nitrogen and oxygen atoms in total. The van der Waals surface area contributed by atoms with Crippen LogP contribution in [0.4, 0.5) is 0 Å². The Hall–Kier alpha value is -3.08. The van der Waals surface area contributed by atoms with Crippen molar-refractivity contribution < 1.29 is 9.21 Å². The van der Waals surface area contributed by atoms with Crippen molar-refractivity contribution in [2.45, 2.75) is 12.5 Å². The Balaban J connectivity index is 1.62. The Labute approximate surface area is 146 Å². The Morgan fingerprint density at radius 3 is 2.92 bits per heavy atom. The molecular formula is C20H19N3O2. The number of fused-ring (bicyclic) bond motifs is 1. The molecule has 0 N–H and O–H groups in total. The second-order valence-electron chi connectivity index (χ2n) is 6.27. The van der Waals surface area contributed by atoms with E-state index in [0.717, 1.165) is 5.56 Å². The average molecular weight is 333 g/mol. The third-order valence-electron chi connectivity index (χ3n) is 4.57. The molecule has 25 heavy (non-hydrogen) atoms. The van der Waals surface area contributed by atoms with Crippen LogP contribution in [0.25, 0.3) is 6.08 Å². The molecule has 0 radical (unpaired) electrons. The van der Waals surface area contributed by atoms with Crippen molar-refractivity contribution in [1.82, 2.24) is 14.7 Å². The number of nitrogens with zero attached hydrogens (tertiary/aromatic N) is 3. The van der Waals surface area contributed by atoms with E-state index in [1.54, 1.807) is 29.2 Å². The highest BCUT2D eigenvalue weighted by molar-refractivity contribution is 5.91. The zero-order valence-corrected chi connectivity index (χ0v) is 14.0. The van der Waals surface area contributed by atoms with Gasteiger partial charge in [0.15, 0.2) is 0 Å². The first kappa shape index (κ1) is 15.4. The van der Waals surface area contributed by atoms with Gasteiger partial charge in [-0.25, -0.2) is 0 Å². The van der Waals surface area contributed by atoms with Gasteiger partial charge in [-0.15, -0.1) is 0 Å². The van der Waals surface area contributed by atoms with E-state index < -0.39 is 0 Å². The molecule has 1 aromatic carbocycles. The molecule has 1 unspecified atom stereocenters. The minimum Gasteiger partial charge on any atom is -0.465 e. The molecule has 0 fully saturated rings. The smallest absolute Gasteiger partial charge is 0.247 e. The summed E-state index contributed by atoms with van der Waals surface area (Å²) < 4.78 is 7.05. The van der Waals surface area contributed by atoms with Gasteiger partial charge in [0, 0.05) is 38.3 Å². The van der Waals surface area contributed by atoms with E-state index in [1.165, 1.54) is 11.1 Å². The summed E-state index contributed by atoms with van der Waals surface area (Å²) in [5, 5.41) is 4.29. The highest BCUT2D eigenvalue weighted by atomic mass is 16.3. The first-order valence-corrected chi connectivity index (χ1v) is 8.27. The number of carbonyl (C=O) groups is 1. The van der Waals surface area contributed by atoms with Crippen LogP contribution in [0, 0.1) is 0 Å². The summed E-state index contributed by atoms with van der Waals surface area (Å²) >= 11 is 0. The predicted octanol–water partition coefficient (Wildman–Crippen LogP) is 3.20. The predicted molar refractivity (Wildman–Crippen MR) is 94.7 cm³/mol. The molecule has 1 amide bonds. The maximum atomic E-state index is 12.7. The topological polar surface area (TPSA) is 51.3 Å². The van der Waals surface area contributed by atoms with Crippen molar-refractivity contribution in [1.29, 1.82) is 0 Å². The van der Waals surface area contributed by atoms with Gasteiger partial charge in [-0.1, -0.05) is 24.3 Å². The van der Waals surface area contributed by atoms with Gasteiger partial charge in [-0.3, -0.25) is 9.48 Å². The third-order valence-corrected chi connectivity index (χ3v) is 4.57. The number of benzene rings is 1. The molecule has 0 spiro atoms. The molecule has 126 valence electrons. The number of furan rings is 1. The number of hydrogen-bond donors (Lipinski definition) is 0. The van der Waals surface area contributed by atoms with E-state index >= 15 is 0 Å². The second kappa shape index (κ2) is 6.43. The SMILES string of the molecule is Cn1cc(C2CN(C(=O)C=Cc3ccco3)Cc3ccccc32)cn1. The zero-order valence-electron chi connectivity index (χ0n) is 14.0. The molecule has 5 heteroatoms. The van der Waals surface area contributed by atoms with Crippen molar-refractivity contribution in [2.24, 2.45) is 7.05 Å². The molecule has 1 atom stereocenters. The Bertz CT molecular complexity index is 909. The van der Waals surface area contributed by atoms with Gasteiger partial charge in [-0.2, -0.15) is 5.10 Å². The van der Waals surface area contributed by atoms with Crippen LogP contribution in [0.15, 0.2) is 65.5 Å². The minimum absolute atomic E-state index is 0.0141. The maximum absolute atomic E-state index is 12.7. The summed E-state index contributed by atoms with van der Waals surface area (Å²) in [6, 6.07) is 11.9. The summed E-state index contributed by atoms with van der Waals surface area (Å²) in [6.07, 6.45) is 8.79. The Morgan fingerprint density at radius 2 is 2.16 bits per heavy atom. The van der Waals surface area contributed by atoms with Crippen LogP contribution >= 0.6 is 0 Å². The molecular weight excluding hydrogens is 314 g/mol. The summed E-state index contributed by atoms with van der Waals surface area (Å²) in [7, 11) is 1.91. The Kier molecular flexibility index (Phi) is 3.98. The van der Waals surface area contributed by atoms with Crippen molar-refractivity contribution in [3.8, 4) is 0 Å². The van der Waals surface area contributed by atoms with Crippen molar-refractivity contribution in [3.63, 3.8) is 0 Å². The largest absolute Gasteiger partial charge is 0.465 e. The monoisotopic (exact) mass is 333 g/mol. The number of hydrogen-bond acceptors (Lipinski definition) is 3. The highest BCUT2D eigenvalue weighted by Crippen LogP contribution is 2.33. The molecule has 0 aliphatic carbocycles. The first-order valence-electron chi connectivity index (χ1n) is 8.27. The normalized spacial score (nSPS) is 17.0. The first-order chi connectivity index (χ1) is 12.2. The van der Waals surface area contributed by atoms with Crippen molar-refractivity contribution in [2.75, 3.05) is 6.54 Å². The van der Waals surface area contributed by atoms with Crippen molar-refractivity contribution >= 4 is 12.0 Å². The molecule has 3 heterocycles. The molecule has 0 bridgehead atoms. The molecule has 1 aliphatic rings. The van der Waals surface area contributed by atoms with Crippen LogP contribution in [-0.4, -0.2) is 27.1 Å². The van der Waals surface area contributed by atoms with Gasteiger partial charge in [-0.05, 0) is 34.9 Å². The standard InChI is InChI=1S/C20H19N3O2/c1-22-12-16(11-21-22)19-14-23(13-15-5-2-3-7-18(15)19)20(24)9-8-17-6-4-10-25-17/h2-12,19H,13-14H2,1H3. The van der Waals surface area contributed by atoms with Crippen LogP contribution in [-0.2, 0) is 18.4 Å². The fourth-order valence-electron chi connectivity index (χ4n) is 3.32. The lowest BCUT2D eigenvalue weighted by atomic mass is 9.86. The van der Waals surface area contributed by atoms with E-state index in [0.29, 0.717) is 18.8 Å².